The normalized spacial score (nSPS) is 19.2. The molecule has 0 bridgehead atoms. The monoisotopic (exact) mass is 268 g/mol. The Morgan fingerprint density at radius 1 is 1.21 bits per heavy atom. The van der Waals surface area contributed by atoms with Crippen molar-refractivity contribution < 1.29 is 4.79 Å². The van der Waals surface area contributed by atoms with Crippen LogP contribution >= 0.6 is 0 Å². The Morgan fingerprint density at radius 3 is 2.21 bits per heavy atom. The van der Waals surface area contributed by atoms with Crippen molar-refractivity contribution in [3.63, 3.8) is 0 Å². The first kappa shape index (κ1) is 16.5. The molecule has 1 aliphatic heterocycles. The highest BCUT2D eigenvalue weighted by molar-refractivity contribution is 5.76. The van der Waals surface area contributed by atoms with Crippen LogP contribution in [0.4, 0.5) is 0 Å². The zero-order valence-corrected chi connectivity index (χ0v) is 13.2. The average molecular weight is 268 g/mol. The summed E-state index contributed by atoms with van der Waals surface area (Å²) in [5, 5.41) is 0. The van der Waals surface area contributed by atoms with Crippen molar-refractivity contribution >= 4 is 5.91 Å². The molecule has 1 aliphatic rings. The molecule has 19 heavy (non-hydrogen) atoms. The summed E-state index contributed by atoms with van der Waals surface area (Å²) in [6.45, 7) is 11.5. The number of amides is 1. The van der Waals surface area contributed by atoms with Gasteiger partial charge in [0.1, 0.15) is 0 Å². The van der Waals surface area contributed by atoms with Crippen molar-refractivity contribution in [2.24, 2.45) is 29.4 Å². The van der Waals surface area contributed by atoms with Crippen LogP contribution in [-0.4, -0.2) is 30.4 Å². The van der Waals surface area contributed by atoms with Crippen molar-refractivity contribution in [1.29, 1.82) is 0 Å². The van der Waals surface area contributed by atoms with Crippen molar-refractivity contribution in [3.05, 3.63) is 0 Å². The second kappa shape index (κ2) is 7.88. The van der Waals surface area contributed by atoms with Crippen LogP contribution in [0, 0.1) is 23.7 Å². The van der Waals surface area contributed by atoms with Crippen molar-refractivity contribution in [3.8, 4) is 0 Å². The molecule has 0 aromatic carbocycles. The molecule has 1 heterocycles. The highest BCUT2D eigenvalue weighted by Crippen LogP contribution is 2.25. The fourth-order valence-corrected chi connectivity index (χ4v) is 3.12. The minimum Gasteiger partial charge on any atom is -0.343 e. The lowest BCUT2D eigenvalue weighted by atomic mass is 9.86. The number of nitrogens with two attached hydrogens (primary N) is 1. The first-order chi connectivity index (χ1) is 8.93. The van der Waals surface area contributed by atoms with E-state index in [0.29, 0.717) is 30.7 Å². The SMILES string of the molecule is CC(C)C[C@H](CN)CC(=O)N1CCC(C(C)C)CC1. The van der Waals surface area contributed by atoms with Gasteiger partial charge in [0.25, 0.3) is 0 Å². The predicted octanol–water partition coefficient (Wildman–Crippen LogP) is 2.89. The lowest BCUT2D eigenvalue weighted by Gasteiger charge is -2.34. The van der Waals surface area contributed by atoms with Gasteiger partial charge < -0.3 is 10.6 Å². The van der Waals surface area contributed by atoms with Gasteiger partial charge in [0, 0.05) is 19.5 Å². The molecule has 0 radical (unpaired) electrons. The number of nitrogens with zero attached hydrogens (tertiary/aromatic N) is 1. The zero-order valence-electron chi connectivity index (χ0n) is 13.2. The molecule has 112 valence electrons. The molecule has 0 unspecified atom stereocenters. The number of hydrogen-bond donors (Lipinski definition) is 1. The third-order valence-electron chi connectivity index (χ3n) is 4.44. The van der Waals surface area contributed by atoms with E-state index in [2.05, 4.69) is 32.6 Å². The van der Waals surface area contributed by atoms with Crippen LogP contribution in [0.2, 0.25) is 0 Å². The van der Waals surface area contributed by atoms with Crippen molar-refractivity contribution in [1.82, 2.24) is 4.90 Å². The number of rotatable bonds is 6. The lowest BCUT2D eigenvalue weighted by Crippen LogP contribution is -2.40. The van der Waals surface area contributed by atoms with Crippen LogP contribution in [0.15, 0.2) is 0 Å². The Bertz CT molecular complexity index is 268. The van der Waals surface area contributed by atoms with E-state index in [9.17, 15) is 4.79 Å². The molecular weight excluding hydrogens is 236 g/mol. The Morgan fingerprint density at radius 2 is 1.79 bits per heavy atom. The fraction of sp³-hybridized carbons (Fsp3) is 0.938. The Kier molecular flexibility index (Phi) is 6.84. The van der Waals surface area contributed by atoms with Crippen molar-refractivity contribution in [2.75, 3.05) is 19.6 Å². The standard InChI is InChI=1S/C16H32N2O/c1-12(2)9-14(11-17)10-16(19)18-7-5-15(6-8-18)13(3)4/h12-15H,5-11,17H2,1-4H3/t14-/m0/s1. The lowest BCUT2D eigenvalue weighted by molar-refractivity contribution is -0.133. The van der Waals surface area contributed by atoms with E-state index in [-0.39, 0.29) is 0 Å². The van der Waals surface area contributed by atoms with Crippen LogP contribution in [0.25, 0.3) is 0 Å². The highest BCUT2D eigenvalue weighted by Gasteiger charge is 2.25. The van der Waals surface area contributed by atoms with Gasteiger partial charge in [-0.3, -0.25) is 4.79 Å². The van der Waals surface area contributed by atoms with Gasteiger partial charge in [0.15, 0.2) is 0 Å². The van der Waals surface area contributed by atoms with Gasteiger partial charge in [-0.1, -0.05) is 27.7 Å². The van der Waals surface area contributed by atoms with Gasteiger partial charge in [-0.2, -0.15) is 0 Å². The van der Waals surface area contributed by atoms with Crippen molar-refractivity contribution in [2.45, 2.75) is 53.4 Å². The van der Waals surface area contributed by atoms with E-state index in [4.69, 9.17) is 5.73 Å². The van der Waals surface area contributed by atoms with E-state index in [0.717, 1.165) is 31.3 Å². The maximum absolute atomic E-state index is 12.3. The maximum atomic E-state index is 12.3. The fourth-order valence-electron chi connectivity index (χ4n) is 3.12. The van der Waals surface area contributed by atoms with Gasteiger partial charge in [-0.25, -0.2) is 0 Å². The minimum atomic E-state index is 0.318. The molecule has 0 spiro atoms. The summed E-state index contributed by atoms with van der Waals surface area (Å²) in [6, 6.07) is 0. The Hall–Kier alpha value is -0.570. The third-order valence-corrected chi connectivity index (χ3v) is 4.44. The second-order valence-corrected chi connectivity index (χ2v) is 6.90. The third kappa shape index (κ3) is 5.52. The number of hydrogen-bond acceptors (Lipinski definition) is 2. The van der Waals surface area contributed by atoms with Gasteiger partial charge in [-0.05, 0) is 49.5 Å². The van der Waals surface area contributed by atoms with Crippen LogP contribution < -0.4 is 5.73 Å². The second-order valence-electron chi connectivity index (χ2n) is 6.90. The van der Waals surface area contributed by atoms with Gasteiger partial charge in [-0.15, -0.1) is 0 Å². The maximum Gasteiger partial charge on any atom is 0.222 e. The molecule has 1 atom stereocenters. The summed E-state index contributed by atoms with van der Waals surface area (Å²) >= 11 is 0. The van der Waals surface area contributed by atoms with E-state index in [1.165, 1.54) is 12.8 Å². The molecular formula is C16H32N2O. The summed E-state index contributed by atoms with van der Waals surface area (Å²) in [4.78, 5) is 14.4. The Labute approximate surface area is 118 Å². The molecule has 1 amide bonds. The molecule has 1 saturated heterocycles. The Balaban J connectivity index is 2.38. The summed E-state index contributed by atoms with van der Waals surface area (Å²) in [7, 11) is 0. The van der Waals surface area contributed by atoms with Crippen LogP contribution in [0.3, 0.4) is 0 Å². The predicted molar refractivity (Wildman–Crippen MR) is 80.8 cm³/mol. The molecule has 3 heteroatoms. The molecule has 0 aliphatic carbocycles. The highest BCUT2D eigenvalue weighted by atomic mass is 16.2. The van der Waals surface area contributed by atoms with Crippen LogP contribution in [0.1, 0.15) is 53.4 Å². The smallest absolute Gasteiger partial charge is 0.222 e. The molecule has 0 aromatic heterocycles. The first-order valence-electron chi connectivity index (χ1n) is 7.91. The van der Waals surface area contributed by atoms with Crippen LogP contribution in [-0.2, 0) is 4.79 Å². The van der Waals surface area contributed by atoms with Crippen LogP contribution in [0.5, 0.6) is 0 Å². The molecule has 1 rings (SSSR count). The number of carbonyl (C=O) groups excluding carboxylic acids is 1. The topological polar surface area (TPSA) is 46.3 Å². The average Bonchev–Trinajstić information content (AvgIpc) is 2.37. The largest absolute Gasteiger partial charge is 0.343 e. The zero-order chi connectivity index (χ0) is 14.4. The molecule has 0 aromatic rings. The number of carbonyl (C=O) groups is 1. The summed E-state index contributed by atoms with van der Waals surface area (Å²) in [5.41, 5.74) is 5.79. The van der Waals surface area contributed by atoms with E-state index in [1.54, 1.807) is 0 Å². The molecule has 3 nitrogen and oxygen atoms in total. The van der Waals surface area contributed by atoms with E-state index >= 15 is 0 Å². The first-order valence-corrected chi connectivity index (χ1v) is 7.91. The quantitative estimate of drug-likeness (QED) is 0.805. The number of piperidine rings is 1. The van der Waals surface area contributed by atoms with Gasteiger partial charge >= 0.3 is 0 Å². The molecule has 1 fully saturated rings. The van der Waals surface area contributed by atoms with E-state index in [1.807, 2.05) is 0 Å². The minimum absolute atomic E-state index is 0.318. The molecule has 0 saturated carbocycles. The van der Waals surface area contributed by atoms with E-state index < -0.39 is 0 Å². The summed E-state index contributed by atoms with van der Waals surface area (Å²) < 4.78 is 0. The van der Waals surface area contributed by atoms with Gasteiger partial charge in [0.05, 0.1) is 0 Å². The summed E-state index contributed by atoms with van der Waals surface area (Å²) in [5.74, 6) is 2.83. The number of likely N-dealkylation sites (tertiary alicyclic amines) is 1. The van der Waals surface area contributed by atoms with Gasteiger partial charge in [0.2, 0.25) is 5.91 Å². The molecule has 2 N–H and O–H groups in total. The summed E-state index contributed by atoms with van der Waals surface area (Å²) in [6.07, 6.45) is 4.04.